The summed E-state index contributed by atoms with van der Waals surface area (Å²) in [4.78, 5) is 15.5. The Labute approximate surface area is 128 Å². The number of carbonyl (C=O) groups is 1. The lowest BCUT2D eigenvalue weighted by molar-refractivity contribution is -0.147. The minimum Gasteiger partial charge on any atom is -0.482 e. The molecule has 110 valence electrons. The maximum absolute atomic E-state index is 11.6. The summed E-state index contributed by atoms with van der Waals surface area (Å²) in [6.45, 7) is 2.12. The molecule has 0 saturated heterocycles. The van der Waals surface area contributed by atoms with Crippen molar-refractivity contribution >= 4 is 17.6 Å². The fourth-order valence-electron chi connectivity index (χ4n) is 1.66. The van der Waals surface area contributed by atoms with Gasteiger partial charge in [0.15, 0.2) is 6.61 Å². The van der Waals surface area contributed by atoms with Gasteiger partial charge in [-0.05, 0) is 30.2 Å². The Kier molecular flexibility index (Phi) is 5.58. The number of nitrogens with zero attached hydrogens (tertiary/aromatic N) is 1. The molecule has 0 radical (unpaired) electrons. The van der Waals surface area contributed by atoms with Crippen molar-refractivity contribution in [3.8, 4) is 5.75 Å². The number of esters is 1. The molecule has 1 aromatic carbocycles. The number of rotatable bonds is 6. The van der Waals surface area contributed by atoms with Crippen LogP contribution < -0.4 is 4.74 Å². The Bertz CT molecular complexity index is 581. The van der Waals surface area contributed by atoms with Crippen molar-refractivity contribution in [2.75, 3.05) is 6.61 Å². The molecule has 0 aliphatic carbocycles. The van der Waals surface area contributed by atoms with Crippen LogP contribution in [-0.2, 0) is 22.6 Å². The Hall–Kier alpha value is -2.07. The largest absolute Gasteiger partial charge is 0.482 e. The minimum absolute atomic E-state index is 0.119. The Morgan fingerprint density at radius 3 is 2.48 bits per heavy atom. The van der Waals surface area contributed by atoms with E-state index in [-0.39, 0.29) is 13.2 Å². The molecular formula is C16H16ClNO3. The van der Waals surface area contributed by atoms with Crippen molar-refractivity contribution in [3.63, 3.8) is 0 Å². The van der Waals surface area contributed by atoms with Crippen LogP contribution in [0, 0.1) is 0 Å². The third-order valence-electron chi connectivity index (χ3n) is 2.88. The maximum Gasteiger partial charge on any atom is 0.344 e. The fraction of sp³-hybridized carbons (Fsp3) is 0.250. The van der Waals surface area contributed by atoms with Crippen molar-refractivity contribution in [1.29, 1.82) is 0 Å². The number of ether oxygens (including phenoxy) is 2. The van der Waals surface area contributed by atoms with E-state index in [2.05, 4.69) is 11.9 Å². The third kappa shape index (κ3) is 5.08. The van der Waals surface area contributed by atoms with E-state index in [0.717, 1.165) is 12.0 Å². The van der Waals surface area contributed by atoms with E-state index in [1.807, 2.05) is 24.3 Å². The van der Waals surface area contributed by atoms with Crippen LogP contribution in [0.5, 0.6) is 5.75 Å². The van der Waals surface area contributed by atoms with Crippen LogP contribution in [0.3, 0.4) is 0 Å². The first-order chi connectivity index (χ1) is 10.2. The number of pyridine rings is 1. The van der Waals surface area contributed by atoms with Crippen LogP contribution in [0.4, 0.5) is 0 Å². The van der Waals surface area contributed by atoms with Gasteiger partial charge in [-0.25, -0.2) is 9.78 Å². The molecule has 0 aliphatic heterocycles. The second-order valence-corrected chi connectivity index (χ2v) is 4.82. The molecule has 0 spiro atoms. The molecule has 1 heterocycles. The molecule has 0 fully saturated rings. The molecule has 5 heteroatoms. The highest BCUT2D eigenvalue weighted by molar-refractivity contribution is 6.29. The van der Waals surface area contributed by atoms with Gasteiger partial charge in [-0.3, -0.25) is 0 Å². The number of halogens is 1. The summed E-state index contributed by atoms with van der Waals surface area (Å²) in [5, 5.41) is 0.406. The van der Waals surface area contributed by atoms with Gasteiger partial charge in [0.2, 0.25) is 0 Å². The third-order valence-corrected chi connectivity index (χ3v) is 3.10. The first kappa shape index (κ1) is 15.3. The highest BCUT2D eigenvalue weighted by Crippen LogP contribution is 2.12. The molecule has 0 atom stereocenters. The van der Waals surface area contributed by atoms with E-state index in [9.17, 15) is 4.79 Å². The zero-order valence-electron chi connectivity index (χ0n) is 11.7. The zero-order valence-corrected chi connectivity index (χ0v) is 12.5. The summed E-state index contributed by atoms with van der Waals surface area (Å²) >= 11 is 5.67. The molecule has 0 amide bonds. The average molecular weight is 306 g/mol. The summed E-state index contributed by atoms with van der Waals surface area (Å²) < 4.78 is 10.5. The number of benzene rings is 1. The van der Waals surface area contributed by atoms with E-state index < -0.39 is 5.97 Å². The van der Waals surface area contributed by atoms with Gasteiger partial charge in [-0.15, -0.1) is 0 Å². The topological polar surface area (TPSA) is 48.4 Å². The van der Waals surface area contributed by atoms with Crippen LogP contribution in [0.2, 0.25) is 5.15 Å². The van der Waals surface area contributed by atoms with Gasteiger partial charge in [0.25, 0.3) is 0 Å². The molecule has 2 rings (SSSR count). The lowest BCUT2D eigenvalue weighted by Gasteiger charge is -2.07. The molecule has 0 bridgehead atoms. The first-order valence-corrected chi connectivity index (χ1v) is 7.03. The van der Waals surface area contributed by atoms with Crippen LogP contribution in [0.25, 0.3) is 0 Å². The molecule has 1 aromatic heterocycles. The van der Waals surface area contributed by atoms with E-state index >= 15 is 0 Å². The summed E-state index contributed by atoms with van der Waals surface area (Å²) in [5.41, 5.74) is 2.00. The summed E-state index contributed by atoms with van der Waals surface area (Å²) in [6, 6.07) is 11.0. The average Bonchev–Trinajstić information content (AvgIpc) is 2.53. The van der Waals surface area contributed by atoms with Gasteiger partial charge in [-0.2, -0.15) is 0 Å². The standard InChI is InChI=1S/C16H16ClNO3/c1-2-12-3-6-14(7-4-12)20-11-16(19)21-10-13-5-8-15(17)18-9-13/h3-9H,2,10-11H2,1H3. The predicted octanol–water partition coefficient (Wildman–Crippen LogP) is 3.42. The molecular weight excluding hydrogens is 290 g/mol. The molecule has 2 aromatic rings. The lowest BCUT2D eigenvalue weighted by atomic mass is 10.2. The molecule has 0 aliphatic rings. The van der Waals surface area contributed by atoms with Gasteiger partial charge in [0.1, 0.15) is 17.5 Å². The van der Waals surface area contributed by atoms with Gasteiger partial charge in [-0.1, -0.05) is 36.7 Å². The highest BCUT2D eigenvalue weighted by atomic mass is 35.5. The van der Waals surface area contributed by atoms with Crippen molar-refractivity contribution < 1.29 is 14.3 Å². The minimum atomic E-state index is -0.426. The van der Waals surface area contributed by atoms with Gasteiger partial charge in [0, 0.05) is 11.8 Å². The van der Waals surface area contributed by atoms with Crippen LogP contribution in [0.1, 0.15) is 18.1 Å². The van der Waals surface area contributed by atoms with Crippen molar-refractivity contribution in [2.45, 2.75) is 20.0 Å². The summed E-state index contributed by atoms with van der Waals surface area (Å²) in [7, 11) is 0. The molecule has 0 N–H and O–H groups in total. The summed E-state index contributed by atoms with van der Waals surface area (Å²) in [5.74, 6) is 0.224. The van der Waals surface area contributed by atoms with E-state index in [1.54, 1.807) is 18.3 Å². The molecule has 0 unspecified atom stereocenters. The first-order valence-electron chi connectivity index (χ1n) is 6.65. The summed E-state index contributed by atoms with van der Waals surface area (Å²) in [6.07, 6.45) is 2.54. The Morgan fingerprint density at radius 2 is 1.86 bits per heavy atom. The zero-order chi connectivity index (χ0) is 15.1. The number of aromatic nitrogens is 1. The Morgan fingerprint density at radius 1 is 1.14 bits per heavy atom. The van der Waals surface area contributed by atoms with Crippen LogP contribution in [-0.4, -0.2) is 17.6 Å². The van der Waals surface area contributed by atoms with Crippen LogP contribution in [0.15, 0.2) is 42.6 Å². The molecule has 0 saturated carbocycles. The number of carbonyl (C=O) groups excluding carboxylic acids is 1. The van der Waals surface area contributed by atoms with E-state index in [0.29, 0.717) is 10.9 Å². The maximum atomic E-state index is 11.6. The quantitative estimate of drug-likeness (QED) is 0.606. The van der Waals surface area contributed by atoms with Gasteiger partial charge in [0.05, 0.1) is 0 Å². The van der Waals surface area contributed by atoms with Gasteiger partial charge < -0.3 is 9.47 Å². The Balaban J connectivity index is 1.75. The highest BCUT2D eigenvalue weighted by Gasteiger charge is 2.05. The SMILES string of the molecule is CCc1ccc(OCC(=O)OCc2ccc(Cl)nc2)cc1. The number of hydrogen-bond donors (Lipinski definition) is 0. The van der Waals surface area contributed by atoms with Gasteiger partial charge >= 0.3 is 5.97 Å². The number of aryl methyl sites for hydroxylation is 1. The normalized spacial score (nSPS) is 10.2. The second-order valence-electron chi connectivity index (χ2n) is 4.44. The van der Waals surface area contributed by atoms with E-state index in [1.165, 1.54) is 5.56 Å². The number of hydrogen-bond acceptors (Lipinski definition) is 4. The fourth-order valence-corrected chi connectivity index (χ4v) is 1.77. The van der Waals surface area contributed by atoms with Crippen molar-refractivity contribution in [3.05, 3.63) is 58.9 Å². The second kappa shape index (κ2) is 7.64. The smallest absolute Gasteiger partial charge is 0.344 e. The van der Waals surface area contributed by atoms with Crippen LogP contribution >= 0.6 is 11.6 Å². The van der Waals surface area contributed by atoms with E-state index in [4.69, 9.17) is 21.1 Å². The lowest BCUT2D eigenvalue weighted by Crippen LogP contribution is -2.14. The molecule has 21 heavy (non-hydrogen) atoms. The predicted molar refractivity (Wildman–Crippen MR) is 80.4 cm³/mol. The van der Waals surface area contributed by atoms with Crippen molar-refractivity contribution in [2.24, 2.45) is 0 Å². The monoisotopic (exact) mass is 305 g/mol. The molecule has 4 nitrogen and oxygen atoms in total. The van der Waals surface area contributed by atoms with Crippen molar-refractivity contribution in [1.82, 2.24) is 4.98 Å².